The highest BCUT2D eigenvalue weighted by molar-refractivity contribution is 5.85. The molecule has 0 radical (unpaired) electrons. The largest absolute Gasteiger partial charge is 0.330 e. The first-order chi connectivity index (χ1) is 1.91. The Kier molecular flexibility index (Phi) is 15.9. The van der Waals surface area contributed by atoms with Crippen molar-refractivity contribution >= 4 is 12.4 Å². The Balaban J connectivity index is 0. The van der Waals surface area contributed by atoms with Crippen molar-refractivity contribution in [3.05, 3.63) is 0 Å². The van der Waals surface area contributed by atoms with Gasteiger partial charge in [0, 0.05) is 0 Å². The van der Waals surface area contributed by atoms with Gasteiger partial charge in [-0.1, -0.05) is 6.92 Å². The lowest BCUT2D eigenvalue weighted by Crippen LogP contribution is -1.93. The molecule has 0 aromatic rings. The number of hydrogen-bond acceptors (Lipinski definition) is 1. The van der Waals surface area contributed by atoms with E-state index in [2.05, 4.69) is 6.92 Å². The van der Waals surface area contributed by atoms with Gasteiger partial charge in [-0.2, -0.15) is 0 Å². The zero-order chi connectivity index (χ0) is 3.41. The molecule has 5 heavy (non-hydrogen) atoms. The first-order valence-electron chi connectivity index (χ1n) is 1.62. The first-order valence-corrected chi connectivity index (χ1v) is 1.62. The molecule has 0 saturated carbocycles. The van der Waals surface area contributed by atoms with E-state index >= 15 is 0 Å². The van der Waals surface area contributed by atoms with Crippen LogP contribution in [0.25, 0.3) is 0 Å². The Bertz CT molecular complexity index is 8.85. The highest BCUT2D eigenvalue weighted by atomic mass is 35.5. The highest BCUT2D eigenvalue weighted by Crippen LogP contribution is 1.57. The summed E-state index contributed by atoms with van der Waals surface area (Å²) in [5.41, 5.74) is 5.03. The lowest BCUT2D eigenvalue weighted by Gasteiger charge is -1.70. The van der Waals surface area contributed by atoms with Gasteiger partial charge in [0.2, 0.25) is 0 Å². The van der Waals surface area contributed by atoms with E-state index in [1.165, 1.54) is 0 Å². The van der Waals surface area contributed by atoms with Crippen LogP contribution < -0.4 is 5.73 Å². The molecule has 0 aliphatic carbocycles. The standard InChI is InChI=1S/C3H9N.ClH/c1-2-3-4;/h2-4H2,1H3;1H/i3+2;. The molecule has 0 amide bonds. The van der Waals surface area contributed by atoms with Crippen LogP contribution in [0.1, 0.15) is 13.3 Å². The van der Waals surface area contributed by atoms with Crippen LogP contribution >= 0.6 is 12.4 Å². The number of halogens is 1. The lowest BCUT2D eigenvalue weighted by molar-refractivity contribution is 0.932. The van der Waals surface area contributed by atoms with Gasteiger partial charge in [-0.05, 0) is 13.0 Å². The first kappa shape index (κ1) is 8.98. The minimum atomic E-state index is 0. The quantitative estimate of drug-likeness (QED) is 0.514. The molecular formula is C3H10ClN. The Hall–Kier alpha value is 0.250. The SMILES string of the molecule is CC[14CH2]N.Cl. The van der Waals surface area contributed by atoms with Crippen molar-refractivity contribution in [1.29, 1.82) is 0 Å². The summed E-state index contributed by atoms with van der Waals surface area (Å²) < 4.78 is 0. The van der Waals surface area contributed by atoms with Crippen molar-refractivity contribution in [1.82, 2.24) is 0 Å². The third kappa shape index (κ3) is 13.8. The predicted octanol–water partition coefficient (Wildman–Crippen LogP) is 0.777. The molecule has 0 atom stereocenters. The van der Waals surface area contributed by atoms with Crippen LogP contribution in [0.15, 0.2) is 0 Å². The normalized spacial score (nSPS) is 6.00. The van der Waals surface area contributed by atoms with Crippen molar-refractivity contribution in [2.24, 2.45) is 5.73 Å². The summed E-state index contributed by atoms with van der Waals surface area (Å²) in [4.78, 5) is 0. The summed E-state index contributed by atoms with van der Waals surface area (Å²) in [7, 11) is 0. The number of hydrogen-bond donors (Lipinski definition) is 1. The molecule has 0 aliphatic heterocycles. The third-order valence-electron chi connectivity index (χ3n) is 0.289. The van der Waals surface area contributed by atoms with Crippen molar-refractivity contribution in [2.45, 2.75) is 13.3 Å². The van der Waals surface area contributed by atoms with Crippen molar-refractivity contribution in [3.8, 4) is 0 Å². The number of rotatable bonds is 1. The summed E-state index contributed by atoms with van der Waals surface area (Å²) in [6.45, 7) is 2.88. The van der Waals surface area contributed by atoms with E-state index in [0.29, 0.717) is 0 Å². The summed E-state index contributed by atoms with van der Waals surface area (Å²) >= 11 is 0. The van der Waals surface area contributed by atoms with E-state index in [1.807, 2.05) is 0 Å². The second-order valence-electron chi connectivity index (χ2n) is 0.789. The van der Waals surface area contributed by atoms with Gasteiger partial charge < -0.3 is 5.73 Å². The fraction of sp³-hybridized carbons (Fsp3) is 1.00. The van der Waals surface area contributed by atoms with E-state index in [9.17, 15) is 0 Å². The minimum Gasteiger partial charge on any atom is -0.330 e. The average Bonchev–Trinajstić information content (AvgIpc) is 1.37. The van der Waals surface area contributed by atoms with Crippen LogP contribution in [-0.2, 0) is 0 Å². The zero-order valence-electron chi connectivity index (χ0n) is 3.40. The van der Waals surface area contributed by atoms with Crippen molar-refractivity contribution in [3.63, 3.8) is 0 Å². The molecule has 0 saturated heterocycles. The van der Waals surface area contributed by atoms with Crippen LogP contribution in [0.4, 0.5) is 0 Å². The van der Waals surface area contributed by atoms with Crippen molar-refractivity contribution < 1.29 is 0 Å². The van der Waals surface area contributed by atoms with Crippen LogP contribution in [-0.4, -0.2) is 6.54 Å². The lowest BCUT2D eigenvalue weighted by atomic mass is 10.8. The van der Waals surface area contributed by atoms with Gasteiger partial charge in [-0.25, -0.2) is 0 Å². The molecule has 2 N–H and O–H groups in total. The maximum absolute atomic E-state index is 5.03. The Labute approximate surface area is 39.0 Å². The summed E-state index contributed by atoms with van der Waals surface area (Å²) in [5, 5.41) is 0. The fourth-order valence-corrected chi connectivity index (χ4v) is 0. The molecule has 0 aromatic heterocycles. The Morgan fingerprint density at radius 3 is 2.00 bits per heavy atom. The number of nitrogens with two attached hydrogens (primary N) is 1. The molecule has 34 valence electrons. The molecule has 2 heteroatoms. The smallest absolute Gasteiger partial charge is 0.00799 e. The second kappa shape index (κ2) is 8.87. The maximum Gasteiger partial charge on any atom is -0.00799 e. The van der Waals surface area contributed by atoms with Crippen LogP contribution in [0.3, 0.4) is 0 Å². The molecule has 0 spiro atoms. The third-order valence-corrected chi connectivity index (χ3v) is 0.289. The average molecular weight is 97.6 g/mol. The van der Waals surface area contributed by atoms with E-state index < -0.39 is 0 Å². The van der Waals surface area contributed by atoms with Crippen LogP contribution in [0, 0.1) is 0 Å². The van der Waals surface area contributed by atoms with Gasteiger partial charge in [0.25, 0.3) is 0 Å². The van der Waals surface area contributed by atoms with Gasteiger partial charge in [0.05, 0.1) is 0 Å². The molecule has 1 nitrogen and oxygen atoms in total. The van der Waals surface area contributed by atoms with Crippen molar-refractivity contribution in [2.75, 3.05) is 6.54 Å². The summed E-state index contributed by atoms with van der Waals surface area (Å²) in [6.07, 6.45) is 1.10. The second-order valence-corrected chi connectivity index (χ2v) is 0.789. The summed E-state index contributed by atoms with van der Waals surface area (Å²) in [6, 6.07) is 0. The van der Waals surface area contributed by atoms with E-state index in [1.54, 1.807) is 0 Å². The van der Waals surface area contributed by atoms with Gasteiger partial charge in [0.15, 0.2) is 0 Å². The van der Waals surface area contributed by atoms with Gasteiger partial charge >= 0.3 is 0 Å². The fourth-order valence-electron chi connectivity index (χ4n) is 0. The molecule has 0 aromatic carbocycles. The topological polar surface area (TPSA) is 26.0 Å². The highest BCUT2D eigenvalue weighted by Gasteiger charge is 1.55. The van der Waals surface area contributed by atoms with E-state index in [0.717, 1.165) is 13.0 Å². The predicted molar refractivity (Wildman–Crippen MR) is 26.6 cm³/mol. The van der Waals surface area contributed by atoms with Crippen LogP contribution in [0.5, 0.6) is 0 Å². The molecule has 0 bridgehead atoms. The van der Waals surface area contributed by atoms with Gasteiger partial charge in [-0.3, -0.25) is 0 Å². The minimum absolute atomic E-state index is 0. The molecule has 0 rings (SSSR count). The molecule has 0 heterocycles. The Morgan fingerprint density at radius 1 is 1.80 bits per heavy atom. The van der Waals surface area contributed by atoms with Crippen LogP contribution in [0.2, 0.25) is 0 Å². The molecule has 0 fully saturated rings. The summed E-state index contributed by atoms with van der Waals surface area (Å²) in [5.74, 6) is 0. The van der Waals surface area contributed by atoms with Gasteiger partial charge in [-0.15, -0.1) is 12.4 Å². The maximum atomic E-state index is 5.03. The van der Waals surface area contributed by atoms with E-state index in [4.69, 9.17) is 5.73 Å². The molecule has 0 aliphatic rings. The van der Waals surface area contributed by atoms with E-state index in [-0.39, 0.29) is 12.4 Å². The zero-order valence-corrected chi connectivity index (χ0v) is 4.22. The molecular weight excluding hydrogens is 87.5 g/mol. The Morgan fingerprint density at radius 2 is 2.00 bits per heavy atom. The molecule has 0 unspecified atom stereocenters. The monoisotopic (exact) mass is 97.1 g/mol. The van der Waals surface area contributed by atoms with Gasteiger partial charge in [0.1, 0.15) is 0 Å².